The molecule has 1 N–H and O–H groups in total. The van der Waals surface area contributed by atoms with Gasteiger partial charge in [-0.15, -0.1) is 0 Å². The first kappa shape index (κ1) is 8.91. The largest absolute Gasteiger partial charge is 0.481 e. The van der Waals surface area contributed by atoms with Gasteiger partial charge in [-0.25, -0.2) is 0 Å². The fourth-order valence-corrected chi connectivity index (χ4v) is 3.09. The Morgan fingerprint density at radius 3 is 2.18 bits per heavy atom. The van der Waals surface area contributed by atoms with Gasteiger partial charge in [-0.3, -0.25) is 4.79 Å². The van der Waals surface area contributed by atoms with Crippen molar-refractivity contribution in [2.24, 2.45) is 5.92 Å². The maximum Gasteiger partial charge on any atom is 0.306 e. The SMILES string of the molecule is CC1CC(C(=O)O)CC(C)S1. The molecule has 11 heavy (non-hydrogen) atoms. The third-order valence-corrected chi connectivity index (χ3v) is 3.36. The Morgan fingerprint density at radius 1 is 1.36 bits per heavy atom. The van der Waals surface area contributed by atoms with Crippen LogP contribution in [0.3, 0.4) is 0 Å². The zero-order valence-electron chi connectivity index (χ0n) is 6.91. The van der Waals surface area contributed by atoms with E-state index in [-0.39, 0.29) is 5.92 Å². The van der Waals surface area contributed by atoms with Crippen molar-refractivity contribution in [1.29, 1.82) is 0 Å². The first-order chi connectivity index (χ1) is 5.09. The minimum atomic E-state index is -0.621. The molecule has 1 heterocycles. The molecule has 1 saturated heterocycles. The highest BCUT2D eigenvalue weighted by Crippen LogP contribution is 2.34. The fraction of sp³-hybridized carbons (Fsp3) is 0.875. The van der Waals surface area contributed by atoms with Crippen LogP contribution in [0.25, 0.3) is 0 Å². The summed E-state index contributed by atoms with van der Waals surface area (Å²) < 4.78 is 0. The van der Waals surface area contributed by atoms with Crippen molar-refractivity contribution in [3.8, 4) is 0 Å². The van der Waals surface area contributed by atoms with E-state index in [1.165, 1.54) is 0 Å². The van der Waals surface area contributed by atoms with Crippen LogP contribution in [0, 0.1) is 5.92 Å². The van der Waals surface area contributed by atoms with E-state index in [1.807, 2.05) is 11.8 Å². The summed E-state index contributed by atoms with van der Waals surface area (Å²) in [5, 5.41) is 9.79. The summed E-state index contributed by atoms with van der Waals surface area (Å²) >= 11 is 1.90. The zero-order chi connectivity index (χ0) is 8.43. The first-order valence-corrected chi connectivity index (χ1v) is 4.92. The summed E-state index contributed by atoms with van der Waals surface area (Å²) in [6, 6.07) is 0. The molecule has 0 spiro atoms. The standard InChI is InChI=1S/C8H14O2S/c1-5-3-7(8(9)10)4-6(2)11-5/h5-7H,3-4H2,1-2H3,(H,9,10). The van der Waals surface area contributed by atoms with E-state index < -0.39 is 5.97 Å². The van der Waals surface area contributed by atoms with E-state index >= 15 is 0 Å². The van der Waals surface area contributed by atoms with Gasteiger partial charge >= 0.3 is 5.97 Å². The summed E-state index contributed by atoms with van der Waals surface area (Å²) in [5.74, 6) is -0.717. The molecule has 2 nitrogen and oxygen atoms in total. The van der Waals surface area contributed by atoms with Gasteiger partial charge < -0.3 is 5.11 Å². The number of aliphatic carboxylic acids is 1. The van der Waals surface area contributed by atoms with Crippen molar-refractivity contribution < 1.29 is 9.90 Å². The number of rotatable bonds is 1. The molecule has 1 fully saturated rings. The van der Waals surface area contributed by atoms with Gasteiger partial charge in [0.15, 0.2) is 0 Å². The lowest BCUT2D eigenvalue weighted by Gasteiger charge is -2.28. The van der Waals surface area contributed by atoms with Gasteiger partial charge in [0.2, 0.25) is 0 Å². The van der Waals surface area contributed by atoms with Crippen LogP contribution in [0.4, 0.5) is 0 Å². The van der Waals surface area contributed by atoms with Crippen molar-refractivity contribution in [2.45, 2.75) is 37.2 Å². The second kappa shape index (κ2) is 3.48. The average molecular weight is 174 g/mol. The molecule has 0 radical (unpaired) electrons. The topological polar surface area (TPSA) is 37.3 Å². The highest BCUT2D eigenvalue weighted by molar-refractivity contribution is 8.00. The van der Waals surface area contributed by atoms with Crippen LogP contribution in [-0.4, -0.2) is 21.6 Å². The number of hydrogen-bond acceptors (Lipinski definition) is 2. The summed E-state index contributed by atoms with van der Waals surface area (Å²) in [6.45, 7) is 4.21. The Labute approximate surface area is 71.4 Å². The number of thioether (sulfide) groups is 1. The predicted molar refractivity (Wildman–Crippen MR) is 46.9 cm³/mol. The Hall–Kier alpha value is -0.180. The molecule has 0 amide bonds. The molecule has 2 atom stereocenters. The van der Waals surface area contributed by atoms with Gasteiger partial charge in [0.1, 0.15) is 0 Å². The van der Waals surface area contributed by atoms with Crippen LogP contribution in [-0.2, 0) is 4.79 Å². The number of carboxylic acid groups (broad SMARTS) is 1. The molecule has 0 bridgehead atoms. The maximum absolute atomic E-state index is 10.6. The second-order valence-corrected chi connectivity index (χ2v) is 5.15. The van der Waals surface area contributed by atoms with Crippen LogP contribution < -0.4 is 0 Å². The highest BCUT2D eigenvalue weighted by atomic mass is 32.2. The molecular formula is C8H14O2S. The van der Waals surface area contributed by atoms with Crippen LogP contribution in [0.2, 0.25) is 0 Å². The van der Waals surface area contributed by atoms with Crippen molar-refractivity contribution in [2.75, 3.05) is 0 Å². The second-order valence-electron chi connectivity index (χ2n) is 3.26. The molecule has 1 aliphatic rings. The molecule has 64 valence electrons. The summed E-state index contributed by atoms with van der Waals surface area (Å²) in [6.07, 6.45) is 1.68. The molecule has 1 aliphatic heterocycles. The molecule has 0 saturated carbocycles. The predicted octanol–water partition coefficient (Wildman–Crippen LogP) is 1.99. The van der Waals surface area contributed by atoms with E-state index in [1.54, 1.807) is 0 Å². The van der Waals surface area contributed by atoms with Crippen molar-refractivity contribution in [3.05, 3.63) is 0 Å². The van der Waals surface area contributed by atoms with Crippen molar-refractivity contribution in [3.63, 3.8) is 0 Å². The molecule has 0 aromatic rings. The normalized spacial score (nSPS) is 38.5. The van der Waals surface area contributed by atoms with Crippen LogP contribution in [0.15, 0.2) is 0 Å². The highest BCUT2D eigenvalue weighted by Gasteiger charge is 2.28. The van der Waals surface area contributed by atoms with Gasteiger partial charge in [-0.1, -0.05) is 13.8 Å². The van der Waals surface area contributed by atoms with Gasteiger partial charge in [0.05, 0.1) is 5.92 Å². The van der Waals surface area contributed by atoms with Gasteiger partial charge in [-0.2, -0.15) is 11.8 Å². The van der Waals surface area contributed by atoms with E-state index in [4.69, 9.17) is 5.11 Å². The van der Waals surface area contributed by atoms with E-state index in [9.17, 15) is 4.79 Å². The summed E-state index contributed by atoms with van der Waals surface area (Å²) in [7, 11) is 0. The lowest BCUT2D eigenvalue weighted by atomic mass is 9.97. The quantitative estimate of drug-likeness (QED) is 0.660. The molecule has 0 aliphatic carbocycles. The van der Waals surface area contributed by atoms with Crippen molar-refractivity contribution >= 4 is 17.7 Å². The Morgan fingerprint density at radius 2 is 1.82 bits per heavy atom. The van der Waals surface area contributed by atoms with Crippen LogP contribution >= 0.6 is 11.8 Å². The molecular weight excluding hydrogens is 160 g/mol. The van der Waals surface area contributed by atoms with Crippen LogP contribution in [0.1, 0.15) is 26.7 Å². The van der Waals surface area contributed by atoms with E-state index in [2.05, 4.69) is 13.8 Å². The van der Waals surface area contributed by atoms with Gasteiger partial charge in [0, 0.05) is 10.5 Å². The fourth-order valence-electron chi connectivity index (χ4n) is 1.61. The lowest BCUT2D eigenvalue weighted by molar-refractivity contribution is -0.142. The molecule has 0 aromatic carbocycles. The van der Waals surface area contributed by atoms with Gasteiger partial charge in [0.25, 0.3) is 0 Å². The lowest BCUT2D eigenvalue weighted by Crippen LogP contribution is -2.26. The third kappa shape index (κ3) is 2.40. The van der Waals surface area contributed by atoms with Crippen LogP contribution in [0.5, 0.6) is 0 Å². The Bertz CT molecular complexity index is 148. The van der Waals surface area contributed by atoms with E-state index in [0.29, 0.717) is 10.5 Å². The number of carboxylic acids is 1. The monoisotopic (exact) mass is 174 g/mol. The molecule has 0 aromatic heterocycles. The van der Waals surface area contributed by atoms with Crippen molar-refractivity contribution in [1.82, 2.24) is 0 Å². The smallest absolute Gasteiger partial charge is 0.306 e. The summed E-state index contributed by atoms with van der Waals surface area (Å²) in [4.78, 5) is 10.6. The minimum Gasteiger partial charge on any atom is -0.481 e. The number of hydrogen-bond donors (Lipinski definition) is 1. The minimum absolute atomic E-state index is 0.0961. The van der Waals surface area contributed by atoms with E-state index in [0.717, 1.165) is 12.8 Å². The molecule has 2 unspecified atom stereocenters. The average Bonchev–Trinajstić information content (AvgIpc) is 1.85. The number of carbonyl (C=O) groups is 1. The molecule has 1 rings (SSSR count). The zero-order valence-corrected chi connectivity index (χ0v) is 7.73. The third-order valence-electron chi connectivity index (χ3n) is 2.05. The Kier molecular flexibility index (Phi) is 2.82. The maximum atomic E-state index is 10.6. The Balaban J connectivity index is 2.49. The summed E-state index contributed by atoms with van der Waals surface area (Å²) in [5.41, 5.74) is 0. The first-order valence-electron chi connectivity index (χ1n) is 3.98. The molecule has 3 heteroatoms. The van der Waals surface area contributed by atoms with Gasteiger partial charge in [-0.05, 0) is 12.8 Å².